The Morgan fingerprint density at radius 2 is 2.00 bits per heavy atom. The van der Waals surface area contributed by atoms with Crippen LogP contribution in [0.15, 0.2) is 0 Å². The van der Waals surface area contributed by atoms with Crippen molar-refractivity contribution in [3.05, 3.63) is 17.2 Å². The summed E-state index contributed by atoms with van der Waals surface area (Å²) in [5.41, 5.74) is 3.00. The van der Waals surface area contributed by atoms with Crippen molar-refractivity contribution in [1.82, 2.24) is 14.9 Å². The van der Waals surface area contributed by atoms with Gasteiger partial charge in [0.05, 0.1) is 5.69 Å². The number of imidazole rings is 1. The molecule has 0 atom stereocenters. The van der Waals surface area contributed by atoms with Gasteiger partial charge in [0, 0.05) is 37.2 Å². The molecule has 0 amide bonds. The minimum atomic E-state index is 0.224. The van der Waals surface area contributed by atoms with Crippen LogP contribution in [-0.2, 0) is 24.9 Å². The van der Waals surface area contributed by atoms with Crippen molar-refractivity contribution < 1.29 is 0 Å². The van der Waals surface area contributed by atoms with Gasteiger partial charge in [-0.1, -0.05) is 27.7 Å². The summed E-state index contributed by atoms with van der Waals surface area (Å²) in [5.74, 6) is 1.96. The third-order valence-corrected chi connectivity index (χ3v) is 4.61. The summed E-state index contributed by atoms with van der Waals surface area (Å²) >= 11 is 0. The van der Waals surface area contributed by atoms with Crippen LogP contribution >= 0.6 is 0 Å². The van der Waals surface area contributed by atoms with Crippen LogP contribution in [0.5, 0.6) is 0 Å². The molecule has 0 aromatic carbocycles. The average molecular weight is 263 g/mol. The summed E-state index contributed by atoms with van der Waals surface area (Å²) in [7, 11) is 0. The van der Waals surface area contributed by atoms with Gasteiger partial charge >= 0.3 is 0 Å². The van der Waals surface area contributed by atoms with E-state index in [1.54, 1.807) is 0 Å². The van der Waals surface area contributed by atoms with Crippen molar-refractivity contribution in [3.8, 4) is 0 Å². The zero-order valence-corrected chi connectivity index (χ0v) is 13.2. The number of fused-ring (bicyclic) bond motifs is 1. The molecule has 0 bridgehead atoms. The van der Waals surface area contributed by atoms with Gasteiger partial charge in [0.15, 0.2) is 0 Å². The molecule has 1 aliphatic heterocycles. The van der Waals surface area contributed by atoms with Gasteiger partial charge in [0.25, 0.3) is 0 Å². The zero-order chi connectivity index (χ0) is 14.0. The predicted octanol–water partition coefficient (Wildman–Crippen LogP) is 3.26. The second kappa shape index (κ2) is 5.66. The van der Waals surface area contributed by atoms with Crippen LogP contribution in [0.4, 0.5) is 0 Å². The van der Waals surface area contributed by atoms with Gasteiger partial charge in [-0.2, -0.15) is 0 Å². The highest BCUT2D eigenvalue weighted by Crippen LogP contribution is 2.31. The summed E-state index contributed by atoms with van der Waals surface area (Å²) < 4.78 is 2.59. The normalized spacial score (nSPS) is 15.9. The van der Waals surface area contributed by atoms with E-state index in [0.29, 0.717) is 5.92 Å². The Balaban J connectivity index is 2.51. The topological polar surface area (TPSA) is 29.9 Å². The maximum atomic E-state index is 4.95. The van der Waals surface area contributed by atoms with E-state index in [1.165, 1.54) is 30.1 Å². The summed E-state index contributed by atoms with van der Waals surface area (Å²) in [6, 6.07) is 0. The number of hydrogen-bond donors (Lipinski definition) is 1. The highest BCUT2D eigenvalue weighted by molar-refractivity contribution is 5.23. The summed E-state index contributed by atoms with van der Waals surface area (Å²) in [6.45, 7) is 13.6. The molecule has 0 unspecified atom stereocenters. The molecule has 1 N–H and O–H groups in total. The second-order valence-corrected chi connectivity index (χ2v) is 6.49. The van der Waals surface area contributed by atoms with E-state index in [4.69, 9.17) is 4.98 Å². The number of nitrogens with zero attached hydrogens (tertiary/aromatic N) is 2. The van der Waals surface area contributed by atoms with Crippen LogP contribution in [0.25, 0.3) is 0 Å². The van der Waals surface area contributed by atoms with Gasteiger partial charge < -0.3 is 9.88 Å². The molecule has 0 aliphatic carbocycles. The van der Waals surface area contributed by atoms with Crippen LogP contribution in [0, 0.1) is 5.92 Å². The fraction of sp³-hybridized carbons (Fsp3) is 0.812. The van der Waals surface area contributed by atoms with Crippen LogP contribution in [0.1, 0.15) is 64.7 Å². The lowest BCUT2D eigenvalue weighted by molar-refractivity contribution is 0.273. The Hall–Kier alpha value is -0.830. The molecule has 0 saturated heterocycles. The fourth-order valence-corrected chi connectivity index (χ4v) is 3.07. The third kappa shape index (κ3) is 2.71. The number of aromatic nitrogens is 2. The minimum Gasteiger partial charge on any atom is -0.326 e. The Labute approximate surface area is 117 Å². The maximum Gasteiger partial charge on any atom is 0.110 e. The molecular formula is C16H29N3. The Kier molecular flexibility index (Phi) is 4.34. The first-order chi connectivity index (χ1) is 9.01. The molecule has 2 rings (SSSR count). The summed E-state index contributed by atoms with van der Waals surface area (Å²) in [4.78, 5) is 4.95. The van der Waals surface area contributed by atoms with E-state index in [2.05, 4.69) is 44.5 Å². The first-order valence-electron chi connectivity index (χ1n) is 7.82. The molecule has 1 aromatic heterocycles. The van der Waals surface area contributed by atoms with Crippen molar-refractivity contribution in [2.75, 3.05) is 6.54 Å². The molecule has 3 heteroatoms. The standard InChI is InChI=1S/C16H29N3/c1-6-16(5,7-2)19-14-8-9-17-11-13(14)18-15(19)10-12(3)4/h12,17H,6-11H2,1-5H3. The molecule has 0 spiro atoms. The van der Waals surface area contributed by atoms with Gasteiger partial charge in [0.2, 0.25) is 0 Å². The molecule has 2 heterocycles. The Bertz CT molecular complexity index is 427. The van der Waals surface area contributed by atoms with Crippen molar-refractivity contribution in [1.29, 1.82) is 0 Å². The first-order valence-corrected chi connectivity index (χ1v) is 7.82. The molecule has 0 saturated carbocycles. The minimum absolute atomic E-state index is 0.224. The Morgan fingerprint density at radius 1 is 1.32 bits per heavy atom. The van der Waals surface area contributed by atoms with Crippen molar-refractivity contribution in [2.45, 2.75) is 72.4 Å². The van der Waals surface area contributed by atoms with Gasteiger partial charge in [-0.15, -0.1) is 0 Å². The monoisotopic (exact) mass is 263 g/mol. The van der Waals surface area contributed by atoms with Gasteiger partial charge in [-0.05, 0) is 25.7 Å². The number of hydrogen-bond acceptors (Lipinski definition) is 2. The summed E-state index contributed by atoms with van der Waals surface area (Å²) in [5, 5.41) is 3.45. The quantitative estimate of drug-likeness (QED) is 0.883. The van der Waals surface area contributed by atoms with Crippen molar-refractivity contribution in [3.63, 3.8) is 0 Å². The lowest BCUT2D eigenvalue weighted by Crippen LogP contribution is -2.34. The van der Waals surface area contributed by atoms with E-state index >= 15 is 0 Å². The molecule has 0 radical (unpaired) electrons. The fourth-order valence-electron chi connectivity index (χ4n) is 3.07. The van der Waals surface area contributed by atoms with E-state index < -0.39 is 0 Å². The molecule has 19 heavy (non-hydrogen) atoms. The van der Waals surface area contributed by atoms with Crippen LogP contribution in [0.2, 0.25) is 0 Å². The van der Waals surface area contributed by atoms with Crippen molar-refractivity contribution >= 4 is 0 Å². The maximum absolute atomic E-state index is 4.95. The Morgan fingerprint density at radius 3 is 2.58 bits per heavy atom. The number of rotatable bonds is 5. The van der Waals surface area contributed by atoms with E-state index in [0.717, 1.165) is 25.9 Å². The van der Waals surface area contributed by atoms with Crippen LogP contribution in [-0.4, -0.2) is 16.1 Å². The van der Waals surface area contributed by atoms with Gasteiger partial charge in [0.1, 0.15) is 5.82 Å². The van der Waals surface area contributed by atoms with Gasteiger partial charge in [-0.3, -0.25) is 0 Å². The van der Waals surface area contributed by atoms with Crippen LogP contribution in [0.3, 0.4) is 0 Å². The SMILES string of the molecule is CCC(C)(CC)n1c(CC(C)C)nc2c1CCNC2. The number of nitrogens with one attached hydrogen (secondary N) is 1. The zero-order valence-electron chi connectivity index (χ0n) is 13.2. The lowest BCUT2D eigenvalue weighted by atomic mass is 9.93. The molecular weight excluding hydrogens is 234 g/mol. The third-order valence-electron chi connectivity index (χ3n) is 4.61. The van der Waals surface area contributed by atoms with Crippen LogP contribution < -0.4 is 5.32 Å². The van der Waals surface area contributed by atoms with Gasteiger partial charge in [-0.25, -0.2) is 4.98 Å². The van der Waals surface area contributed by atoms with E-state index in [1.807, 2.05) is 0 Å². The highest BCUT2D eigenvalue weighted by Gasteiger charge is 2.30. The smallest absolute Gasteiger partial charge is 0.110 e. The molecule has 1 aromatic rings. The molecule has 3 nitrogen and oxygen atoms in total. The lowest BCUT2D eigenvalue weighted by Gasteiger charge is -2.34. The molecule has 108 valence electrons. The summed E-state index contributed by atoms with van der Waals surface area (Å²) in [6.07, 6.45) is 4.55. The van der Waals surface area contributed by atoms with E-state index in [9.17, 15) is 0 Å². The van der Waals surface area contributed by atoms with Crippen molar-refractivity contribution in [2.24, 2.45) is 5.92 Å². The average Bonchev–Trinajstić information content (AvgIpc) is 2.75. The molecule has 0 fully saturated rings. The largest absolute Gasteiger partial charge is 0.326 e. The first kappa shape index (κ1) is 14.6. The highest BCUT2D eigenvalue weighted by atomic mass is 15.2. The second-order valence-electron chi connectivity index (χ2n) is 6.49. The van der Waals surface area contributed by atoms with E-state index in [-0.39, 0.29) is 5.54 Å². The predicted molar refractivity (Wildman–Crippen MR) is 80.4 cm³/mol. The molecule has 1 aliphatic rings.